The quantitative estimate of drug-likeness (QED) is 0.645. The molecule has 1 heterocycles. The van der Waals surface area contributed by atoms with Crippen LogP contribution in [-0.2, 0) is 4.79 Å². The molecule has 2 saturated carbocycles. The fourth-order valence-corrected chi connectivity index (χ4v) is 8.29. The summed E-state index contributed by atoms with van der Waals surface area (Å²) in [6.07, 6.45) is 11.3. The Balaban J connectivity index is 1.60. The topological polar surface area (TPSA) is 67.5 Å². The molecule has 0 bridgehead atoms. The molecule has 1 N–H and O–H groups in total. The number of ketones is 1. The fraction of sp³-hybridized carbons (Fsp3) is 0.630. The molecule has 0 aliphatic heterocycles. The summed E-state index contributed by atoms with van der Waals surface area (Å²) in [5.74, 6) is 1.11. The molecule has 166 valence electrons. The Kier molecular flexibility index (Phi) is 4.26. The van der Waals surface area contributed by atoms with Gasteiger partial charge in [-0.25, -0.2) is 4.79 Å². The summed E-state index contributed by atoms with van der Waals surface area (Å²) < 4.78 is 5.21. The summed E-state index contributed by atoms with van der Waals surface area (Å²) in [5, 5.41) is 12.4. The predicted octanol–water partition coefficient (Wildman–Crippen LogP) is 5.03. The molecule has 1 aromatic rings. The summed E-state index contributed by atoms with van der Waals surface area (Å²) in [4.78, 5) is 24.2. The lowest BCUT2D eigenvalue weighted by Gasteiger charge is -2.60. The van der Waals surface area contributed by atoms with Crippen LogP contribution in [0.25, 0.3) is 0 Å². The van der Waals surface area contributed by atoms with Crippen LogP contribution in [0.1, 0.15) is 71.8 Å². The lowest BCUT2D eigenvalue weighted by molar-refractivity contribution is -0.132. The Morgan fingerprint density at radius 1 is 1.13 bits per heavy atom. The van der Waals surface area contributed by atoms with Crippen molar-refractivity contribution in [3.8, 4) is 0 Å². The van der Waals surface area contributed by atoms with Crippen molar-refractivity contribution in [2.45, 2.75) is 71.8 Å². The second kappa shape index (κ2) is 6.31. The molecule has 4 nitrogen and oxygen atoms in total. The molecule has 0 aromatic carbocycles. The van der Waals surface area contributed by atoms with E-state index in [1.807, 2.05) is 6.07 Å². The van der Waals surface area contributed by atoms with Crippen molar-refractivity contribution in [1.82, 2.24) is 0 Å². The van der Waals surface area contributed by atoms with Gasteiger partial charge in [0, 0.05) is 16.9 Å². The van der Waals surface area contributed by atoms with Crippen molar-refractivity contribution in [3.63, 3.8) is 0 Å². The summed E-state index contributed by atoms with van der Waals surface area (Å²) >= 11 is 0. The number of carbonyl (C=O) groups excluding carboxylic acids is 1. The number of aliphatic hydroxyl groups is 1. The van der Waals surface area contributed by atoms with Gasteiger partial charge in [-0.15, -0.1) is 0 Å². The van der Waals surface area contributed by atoms with E-state index in [0.717, 1.165) is 24.8 Å². The van der Waals surface area contributed by atoms with Gasteiger partial charge in [0.05, 0.1) is 11.9 Å². The predicted molar refractivity (Wildman–Crippen MR) is 120 cm³/mol. The second-order valence-electron chi connectivity index (χ2n) is 11.6. The van der Waals surface area contributed by atoms with E-state index >= 15 is 0 Å². The van der Waals surface area contributed by atoms with Crippen LogP contribution < -0.4 is 5.63 Å². The number of fused-ring (bicyclic) bond motifs is 5. The van der Waals surface area contributed by atoms with Gasteiger partial charge in [-0.2, -0.15) is 0 Å². The highest BCUT2D eigenvalue weighted by molar-refractivity contribution is 5.95. The number of rotatable bonds is 1. The molecule has 0 unspecified atom stereocenters. The Morgan fingerprint density at radius 2 is 1.87 bits per heavy atom. The molecule has 4 aliphatic rings. The highest BCUT2D eigenvalue weighted by Gasteiger charge is 2.67. The average Bonchev–Trinajstić information content (AvgIpc) is 2.91. The van der Waals surface area contributed by atoms with Gasteiger partial charge in [0.2, 0.25) is 0 Å². The van der Waals surface area contributed by atoms with Crippen LogP contribution in [-0.4, -0.2) is 16.5 Å². The normalized spacial score (nSPS) is 45.5. The monoisotopic (exact) mass is 422 g/mol. The largest absolute Gasteiger partial charge is 0.431 e. The Morgan fingerprint density at radius 3 is 2.55 bits per heavy atom. The Labute approximate surface area is 184 Å². The molecule has 4 heteroatoms. The van der Waals surface area contributed by atoms with Crippen LogP contribution in [0.15, 0.2) is 51.4 Å². The van der Waals surface area contributed by atoms with Gasteiger partial charge in [-0.05, 0) is 78.0 Å². The number of carbonyl (C=O) groups is 1. The van der Waals surface area contributed by atoms with Crippen molar-refractivity contribution >= 4 is 5.78 Å². The van der Waals surface area contributed by atoms with E-state index in [2.05, 4.69) is 46.8 Å². The maximum absolute atomic E-state index is 12.6. The average molecular weight is 423 g/mol. The molecule has 0 saturated heterocycles. The molecule has 0 spiro atoms. The zero-order valence-corrected chi connectivity index (χ0v) is 19.3. The van der Waals surface area contributed by atoms with Gasteiger partial charge >= 0.3 is 5.63 Å². The van der Waals surface area contributed by atoms with Crippen LogP contribution >= 0.6 is 0 Å². The van der Waals surface area contributed by atoms with E-state index in [1.165, 1.54) is 11.6 Å². The third-order valence-electron chi connectivity index (χ3n) is 9.88. The Bertz CT molecular complexity index is 1040. The van der Waals surface area contributed by atoms with Gasteiger partial charge in [0.15, 0.2) is 5.78 Å². The lowest BCUT2D eigenvalue weighted by Crippen LogP contribution is -2.58. The smallest absolute Gasteiger partial charge is 0.335 e. The Hall–Kier alpha value is -1.94. The molecular formula is C27H34O4. The van der Waals surface area contributed by atoms with Crippen LogP contribution in [0.4, 0.5) is 0 Å². The first kappa shape index (κ1) is 20.9. The van der Waals surface area contributed by atoms with E-state index in [4.69, 9.17) is 4.42 Å². The summed E-state index contributed by atoms with van der Waals surface area (Å²) in [5.41, 5.74) is 0.135. The molecule has 0 radical (unpaired) electrons. The minimum absolute atomic E-state index is 0.126. The summed E-state index contributed by atoms with van der Waals surface area (Å²) in [6, 6.07) is 3.37. The third-order valence-corrected chi connectivity index (χ3v) is 9.88. The SMILES string of the molecule is C[C@H]1C[C@]2(O)C3=CC[C@H]4C(C)(C)C(=O)C=C[C@]4(C)[C@H]3CC[C@]2(C)[C@H]1c1ccc(=O)oc1. The van der Waals surface area contributed by atoms with Crippen LogP contribution in [0.5, 0.6) is 0 Å². The van der Waals surface area contributed by atoms with Crippen LogP contribution in [0.2, 0.25) is 0 Å². The lowest BCUT2D eigenvalue weighted by atomic mass is 9.44. The minimum atomic E-state index is -0.885. The molecule has 1 aromatic heterocycles. The van der Waals surface area contributed by atoms with Crippen molar-refractivity contribution in [2.24, 2.45) is 34.0 Å². The van der Waals surface area contributed by atoms with Gasteiger partial charge in [0.25, 0.3) is 0 Å². The molecule has 7 atom stereocenters. The highest BCUT2D eigenvalue weighted by Crippen LogP contribution is 2.70. The zero-order valence-electron chi connectivity index (χ0n) is 19.3. The summed E-state index contributed by atoms with van der Waals surface area (Å²) in [6.45, 7) is 10.9. The van der Waals surface area contributed by atoms with Crippen LogP contribution in [0.3, 0.4) is 0 Å². The van der Waals surface area contributed by atoms with E-state index in [1.54, 1.807) is 12.3 Å². The van der Waals surface area contributed by atoms with Crippen molar-refractivity contribution in [3.05, 3.63) is 58.2 Å². The summed E-state index contributed by atoms with van der Waals surface area (Å²) in [7, 11) is 0. The number of hydrogen-bond donors (Lipinski definition) is 1. The van der Waals surface area contributed by atoms with Crippen molar-refractivity contribution < 1.29 is 14.3 Å². The fourth-order valence-electron chi connectivity index (χ4n) is 8.29. The molecule has 31 heavy (non-hydrogen) atoms. The van der Waals surface area contributed by atoms with E-state index in [9.17, 15) is 14.7 Å². The van der Waals surface area contributed by atoms with Crippen molar-refractivity contribution in [1.29, 1.82) is 0 Å². The first-order chi connectivity index (χ1) is 14.4. The number of hydrogen-bond acceptors (Lipinski definition) is 4. The minimum Gasteiger partial charge on any atom is -0.431 e. The molecule has 5 rings (SSSR count). The van der Waals surface area contributed by atoms with Crippen molar-refractivity contribution in [2.75, 3.05) is 0 Å². The maximum atomic E-state index is 12.6. The van der Waals surface area contributed by atoms with E-state index in [0.29, 0.717) is 6.42 Å². The molecular weight excluding hydrogens is 388 g/mol. The maximum Gasteiger partial charge on any atom is 0.335 e. The number of allylic oxidation sites excluding steroid dienone is 3. The standard InChI is InChI=1S/C27H34O4/c1-16-14-27(30)19-7-8-20-24(2,3)21(28)11-12-25(20,4)18(19)10-13-26(27,5)23(16)17-6-9-22(29)31-15-17/h6-7,9,11-12,15-16,18,20,23,30H,8,10,13-14H2,1-5H3/t16-,18-,20-,23+,25+,26+,27-/m0/s1. The molecule has 4 aliphatic carbocycles. The zero-order chi connectivity index (χ0) is 22.4. The first-order valence-corrected chi connectivity index (χ1v) is 11.7. The van der Waals surface area contributed by atoms with Crippen LogP contribution in [0, 0.1) is 34.0 Å². The van der Waals surface area contributed by atoms with Gasteiger partial charge in [0.1, 0.15) is 0 Å². The highest BCUT2D eigenvalue weighted by atomic mass is 16.4. The first-order valence-electron chi connectivity index (χ1n) is 11.7. The van der Waals surface area contributed by atoms with E-state index in [-0.39, 0.29) is 51.3 Å². The third kappa shape index (κ3) is 2.51. The second-order valence-corrected chi connectivity index (χ2v) is 11.6. The molecule has 0 amide bonds. The van der Waals surface area contributed by atoms with Gasteiger partial charge in [-0.1, -0.05) is 46.8 Å². The van der Waals surface area contributed by atoms with Gasteiger partial charge < -0.3 is 9.52 Å². The van der Waals surface area contributed by atoms with E-state index < -0.39 is 5.60 Å². The van der Waals surface area contributed by atoms with Gasteiger partial charge in [-0.3, -0.25) is 4.79 Å². The molecule has 2 fully saturated rings.